The molecule has 1 heterocycles. The minimum absolute atomic E-state index is 0.0168. The van der Waals surface area contributed by atoms with E-state index >= 15 is 0 Å². The first-order chi connectivity index (χ1) is 17.6. The summed E-state index contributed by atoms with van der Waals surface area (Å²) in [6.45, 7) is 8.42. The quantitative estimate of drug-likeness (QED) is 0.453. The fourth-order valence-electron chi connectivity index (χ4n) is 4.41. The van der Waals surface area contributed by atoms with Crippen molar-refractivity contribution in [3.05, 3.63) is 83.4 Å². The van der Waals surface area contributed by atoms with Crippen LogP contribution in [0.1, 0.15) is 44.4 Å². The molecule has 0 fully saturated rings. The second-order valence-corrected chi connectivity index (χ2v) is 10.4. The molecule has 37 heavy (non-hydrogen) atoms. The summed E-state index contributed by atoms with van der Waals surface area (Å²) >= 11 is 0. The summed E-state index contributed by atoms with van der Waals surface area (Å²) in [7, 11) is 1.63. The van der Waals surface area contributed by atoms with Crippen LogP contribution in [0.25, 0.3) is 0 Å². The molecule has 0 aliphatic carbocycles. The van der Waals surface area contributed by atoms with Gasteiger partial charge in [-0.2, -0.15) is 0 Å². The van der Waals surface area contributed by atoms with Crippen LogP contribution in [0.3, 0.4) is 0 Å². The Morgan fingerprint density at radius 1 is 1.00 bits per heavy atom. The van der Waals surface area contributed by atoms with Crippen LogP contribution in [0.5, 0.6) is 11.5 Å². The molecule has 7 nitrogen and oxygen atoms in total. The topological polar surface area (TPSA) is 79.9 Å². The Hall–Kier alpha value is -4.00. The minimum Gasteiger partial charge on any atom is -0.497 e. The average molecular weight is 502 g/mol. The summed E-state index contributed by atoms with van der Waals surface area (Å²) in [6, 6.07) is 20.9. The van der Waals surface area contributed by atoms with Crippen LogP contribution in [0, 0.1) is 0 Å². The number of carbonyl (C=O) groups excluding carboxylic acids is 2. The molecule has 2 N–H and O–H groups in total. The molecule has 3 aromatic rings. The lowest BCUT2D eigenvalue weighted by Gasteiger charge is -2.25. The maximum Gasteiger partial charge on any atom is 0.246 e. The van der Waals surface area contributed by atoms with Gasteiger partial charge in [0.05, 0.1) is 7.11 Å². The Bertz CT molecular complexity index is 1250. The summed E-state index contributed by atoms with van der Waals surface area (Å²) < 4.78 is 11.2. The van der Waals surface area contributed by atoms with E-state index in [4.69, 9.17) is 9.47 Å². The number of ether oxygens (including phenoxy) is 2. The second kappa shape index (κ2) is 10.9. The highest BCUT2D eigenvalue weighted by molar-refractivity contribution is 5.90. The van der Waals surface area contributed by atoms with Gasteiger partial charge in [-0.3, -0.25) is 9.59 Å². The predicted molar refractivity (Wildman–Crippen MR) is 146 cm³/mol. The van der Waals surface area contributed by atoms with E-state index in [9.17, 15) is 9.59 Å². The van der Waals surface area contributed by atoms with E-state index in [2.05, 4.69) is 10.6 Å². The summed E-state index contributed by atoms with van der Waals surface area (Å²) in [6.07, 6.45) is 0.528. The van der Waals surface area contributed by atoms with E-state index < -0.39 is 6.04 Å². The number of fused-ring (bicyclic) bond motifs is 1. The van der Waals surface area contributed by atoms with Crippen LogP contribution < -0.4 is 20.1 Å². The largest absolute Gasteiger partial charge is 0.497 e. The van der Waals surface area contributed by atoms with Gasteiger partial charge in [-0.15, -0.1) is 0 Å². The number of benzene rings is 3. The van der Waals surface area contributed by atoms with Gasteiger partial charge in [-0.25, -0.2) is 0 Å². The van der Waals surface area contributed by atoms with Crippen LogP contribution in [0.15, 0.2) is 66.7 Å². The third-order valence-electron chi connectivity index (χ3n) is 6.05. The molecular formula is C30H35N3O4. The van der Waals surface area contributed by atoms with E-state index in [0.717, 1.165) is 33.9 Å². The molecule has 0 saturated heterocycles. The summed E-state index contributed by atoms with van der Waals surface area (Å²) in [5.41, 5.74) is 4.31. The van der Waals surface area contributed by atoms with Crippen LogP contribution in [-0.2, 0) is 29.1 Å². The highest BCUT2D eigenvalue weighted by Gasteiger charge is 2.30. The van der Waals surface area contributed by atoms with Gasteiger partial charge in [0, 0.05) is 37.8 Å². The maximum absolute atomic E-state index is 13.8. The summed E-state index contributed by atoms with van der Waals surface area (Å²) in [5, 5.41) is 6.31. The molecule has 0 radical (unpaired) electrons. The van der Waals surface area contributed by atoms with Gasteiger partial charge < -0.3 is 25.0 Å². The van der Waals surface area contributed by atoms with Crippen molar-refractivity contribution in [2.24, 2.45) is 0 Å². The van der Waals surface area contributed by atoms with Crippen LogP contribution in [0.2, 0.25) is 0 Å². The zero-order valence-corrected chi connectivity index (χ0v) is 22.1. The minimum atomic E-state index is -0.444. The Labute approximate surface area is 218 Å². The lowest BCUT2D eigenvalue weighted by molar-refractivity contribution is -0.133. The fraction of sp³-hybridized carbons (Fsp3) is 0.333. The number of hydrogen-bond acceptors (Lipinski definition) is 5. The van der Waals surface area contributed by atoms with E-state index in [0.29, 0.717) is 25.2 Å². The molecule has 3 aromatic carbocycles. The number of amides is 2. The second-order valence-electron chi connectivity index (χ2n) is 10.4. The van der Waals surface area contributed by atoms with Crippen molar-refractivity contribution < 1.29 is 19.1 Å². The van der Waals surface area contributed by atoms with E-state index in [1.807, 2.05) is 92.4 Å². The SMILES string of the molecule is COc1ccc(CN2Cc3cc(NC(C)=O)ccc3N[C@@H](Cc3ccc(OC(C)(C)C)cc3)C2=O)cc1. The van der Waals surface area contributed by atoms with Crippen molar-refractivity contribution in [3.8, 4) is 11.5 Å². The third-order valence-corrected chi connectivity index (χ3v) is 6.05. The van der Waals surface area contributed by atoms with Crippen LogP contribution in [-0.4, -0.2) is 35.5 Å². The number of nitrogens with one attached hydrogen (secondary N) is 2. The average Bonchev–Trinajstić information content (AvgIpc) is 2.96. The van der Waals surface area contributed by atoms with Crippen molar-refractivity contribution in [2.45, 2.75) is 58.8 Å². The molecule has 0 spiro atoms. The fourth-order valence-corrected chi connectivity index (χ4v) is 4.41. The molecule has 0 bridgehead atoms. The number of rotatable bonds is 7. The number of carbonyl (C=O) groups is 2. The van der Waals surface area contributed by atoms with Gasteiger partial charge in [0.2, 0.25) is 11.8 Å². The van der Waals surface area contributed by atoms with Crippen molar-refractivity contribution >= 4 is 23.2 Å². The van der Waals surface area contributed by atoms with Crippen molar-refractivity contribution in [3.63, 3.8) is 0 Å². The highest BCUT2D eigenvalue weighted by Crippen LogP contribution is 2.29. The first kappa shape index (κ1) is 26.1. The zero-order chi connectivity index (χ0) is 26.6. The van der Waals surface area contributed by atoms with E-state index in [1.165, 1.54) is 6.92 Å². The van der Waals surface area contributed by atoms with Gasteiger partial charge in [-0.1, -0.05) is 24.3 Å². The first-order valence-corrected chi connectivity index (χ1v) is 12.5. The number of methoxy groups -OCH3 is 1. The van der Waals surface area contributed by atoms with Crippen molar-refractivity contribution in [1.82, 2.24) is 4.90 Å². The van der Waals surface area contributed by atoms with Gasteiger partial charge >= 0.3 is 0 Å². The monoisotopic (exact) mass is 501 g/mol. The lowest BCUT2D eigenvalue weighted by atomic mass is 10.0. The summed E-state index contributed by atoms with van der Waals surface area (Å²) in [5.74, 6) is 1.45. The molecule has 1 aliphatic heterocycles. The maximum atomic E-state index is 13.8. The van der Waals surface area contributed by atoms with Crippen molar-refractivity contribution in [1.29, 1.82) is 0 Å². The summed E-state index contributed by atoms with van der Waals surface area (Å²) in [4.78, 5) is 27.3. The van der Waals surface area contributed by atoms with Crippen LogP contribution in [0.4, 0.5) is 11.4 Å². The van der Waals surface area contributed by atoms with Crippen molar-refractivity contribution in [2.75, 3.05) is 17.7 Å². The Kier molecular flexibility index (Phi) is 7.71. The molecule has 4 rings (SSSR count). The smallest absolute Gasteiger partial charge is 0.246 e. The molecule has 194 valence electrons. The predicted octanol–water partition coefficient (Wildman–Crippen LogP) is 5.40. The van der Waals surface area contributed by atoms with Gasteiger partial charge in [0.1, 0.15) is 23.1 Å². The standard InChI is InChI=1S/C30H35N3O4/c1-20(34)31-24-10-15-27-23(17-24)19-33(18-22-8-11-25(36-5)12-9-22)29(35)28(32-27)16-21-6-13-26(14-7-21)37-30(2,3)4/h6-15,17,28,32H,16,18-19H2,1-5H3,(H,31,34)/t28-/m0/s1. The van der Waals surface area contributed by atoms with Gasteiger partial charge in [0.25, 0.3) is 0 Å². The number of anilines is 2. The highest BCUT2D eigenvalue weighted by atomic mass is 16.5. The Morgan fingerprint density at radius 3 is 2.27 bits per heavy atom. The first-order valence-electron chi connectivity index (χ1n) is 12.5. The van der Waals surface area contributed by atoms with Gasteiger partial charge in [-0.05, 0) is 79.9 Å². The molecule has 0 saturated carbocycles. The molecule has 7 heteroatoms. The van der Waals surface area contributed by atoms with Gasteiger partial charge in [0.15, 0.2) is 0 Å². The zero-order valence-electron chi connectivity index (χ0n) is 22.1. The molecule has 0 unspecified atom stereocenters. The molecule has 0 aromatic heterocycles. The normalized spacial score (nSPS) is 15.3. The molecule has 1 aliphatic rings. The number of nitrogens with zero attached hydrogens (tertiary/aromatic N) is 1. The number of hydrogen-bond donors (Lipinski definition) is 2. The molecule has 2 amide bonds. The van der Waals surface area contributed by atoms with E-state index in [1.54, 1.807) is 7.11 Å². The Morgan fingerprint density at radius 2 is 1.65 bits per heavy atom. The molecular weight excluding hydrogens is 466 g/mol. The van der Waals surface area contributed by atoms with Crippen LogP contribution >= 0.6 is 0 Å². The Balaban J connectivity index is 1.61. The molecule has 1 atom stereocenters. The lowest BCUT2D eigenvalue weighted by Crippen LogP contribution is -2.41. The van der Waals surface area contributed by atoms with E-state index in [-0.39, 0.29) is 17.4 Å². The third kappa shape index (κ3) is 7.03.